The van der Waals surface area contributed by atoms with Crippen molar-refractivity contribution in [2.75, 3.05) is 6.61 Å². The Morgan fingerprint density at radius 2 is 2.00 bits per heavy atom. The minimum absolute atomic E-state index is 0.0546. The lowest BCUT2D eigenvalue weighted by Crippen LogP contribution is -2.57. The fourth-order valence-corrected chi connectivity index (χ4v) is 2.31. The van der Waals surface area contributed by atoms with Crippen molar-refractivity contribution in [2.45, 2.75) is 38.1 Å². The first-order valence-corrected chi connectivity index (χ1v) is 8.00. The van der Waals surface area contributed by atoms with Crippen molar-refractivity contribution in [3.63, 3.8) is 0 Å². The van der Waals surface area contributed by atoms with E-state index in [-0.39, 0.29) is 32.3 Å². The van der Waals surface area contributed by atoms with E-state index < -0.39 is 29.2 Å². The molecular formula is C17H23N3O6. The second kappa shape index (κ2) is 10.0. The number of hydrogen-bond donors (Lipinski definition) is 3. The van der Waals surface area contributed by atoms with E-state index in [1.165, 1.54) is 25.3 Å². The zero-order valence-electron chi connectivity index (χ0n) is 14.5. The standard InChI is InChI=1S/C17H23N3O6/c1-12(21)25-11-3-8-17(16(19)24,9-7-14(18)22)20-15(23)6-5-13-4-2-10-26-13/h2,4-6,10H,3,7-9,11H2,1H3,(H2,18,22)(H2,19,24)(H,20,23). The lowest BCUT2D eigenvalue weighted by Gasteiger charge is -2.31. The number of hydrogen-bond acceptors (Lipinski definition) is 6. The van der Waals surface area contributed by atoms with E-state index in [0.717, 1.165) is 0 Å². The smallest absolute Gasteiger partial charge is 0.302 e. The number of nitrogens with two attached hydrogens (primary N) is 2. The van der Waals surface area contributed by atoms with Crippen molar-refractivity contribution in [2.24, 2.45) is 11.5 Å². The Morgan fingerprint density at radius 3 is 2.54 bits per heavy atom. The summed E-state index contributed by atoms with van der Waals surface area (Å²) in [5.41, 5.74) is 9.15. The highest BCUT2D eigenvalue weighted by atomic mass is 16.5. The Kier molecular flexibility index (Phi) is 8.07. The lowest BCUT2D eigenvalue weighted by atomic mass is 9.87. The number of esters is 1. The maximum Gasteiger partial charge on any atom is 0.302 e. The molecule has 5 N–H and O–H groups in total. The Morgan fingerprint density at radius 1 is 1.27 bits per heavy atom. The van der Waals surface area contributed by atoms with E-state index in [0.29, 0.717) is 5.76 Å². The maximum atomic E-state index is 12.2. The molecule has 0 aliphatic carbocycles. The van der Waals surface area contributed by atoms with Crippen LogP contribution in [0.1, 0.15) is 38.4 Å². The summed E-state index contributed by atoms with van der Waals surface area (Å²) in [6.07, 6.45) is 4.22. The first kappa shape index (κ1) is 20.9. The minimum Gasteiger partial charge on any atom is -0.466 e. The number of nitrogens with one attached hydrogen (secondary N) is 1. The molecule has 0 saturated carbocycles. The van der Waals surface area contributed by atoms with E-state index in [2.05, 4.69) is 5.32 Å². The SMILES string of the molecule is CC(=O)OCCCC(CCC(N)=O)(NC(=O)C=Cc1ccco1)C(N)=O. The van der Waals surface area contributed by atoms with Gasteiger partial charge in [-0.2, -0.15) is 0 Å². The van der Waals surface area contributed by atoms with Crippen LogP contribution in [0.25, 0.3) is 6.08 Å². The van der Waals surface area contributed by atoms with Crippen LogP contribution >= 0.6 is 0 Å². The molecule has 0 spiro atoms. The van der Waals surface area contributed by atoms with E-state index >= 15 is 0 Å². The van der Waals surface area contributed by atoms with Gasteiger partial charge in [0.25, 0.3) is 0 Å². The van der Waals surface area contributed by atoms with Crippen LogP contribution in [0.5, 0.6) is 0 Å². The average Bonchev–Trinajstić information content (AvgIpc) is 3.07. The number of carbonyl (C=O) groups is 4. The second-order valence-corrected chi connectivity index (χ2v) is 5.69. The van der Waals surface area contributed by atoms with Gasteiger partial charge in [0.1, 0.15) is 11.3 Å². The first-order valence-electron chi connectivity index (χ1n) is 8.00. The third-order valence-electron chi connectivity index (χ3n) is 3.63. The van der Waals surface area contributed by atoms with Crippen LogP contribution in [-0.2, 0) is 23.9 Å². The van der Waals surface area contributed by atoms with Gasteiger partial charge in [-0.1, -0.05) is 0 Å². The van der Waals surface area contributed by atoms with Gasteiger partial charge in [-0.25, -0.2) is 0 Å². The topological polar surface area (TPSA) is 155 Å². The number of carbonyl (C=O) groups excluding carboxylic acids is 4. The van der Waals surface area contributed by atoms with Crippen LogP contribution < -0.4 is 16.8 Å². The maximum absolute atomic E-state index is 12.2. The Bertz CT molecular complexity index is 668. The average molecular weight is 365 g/mol. The van der Waals surface area contributed by atoms with Crippen LogP contribution in [0.4, 0.5) is 0 Å². The fraction of sp³-hybridized carbons (Fsp3) is 0.412. The van der Waals surface area contributed by atoms with Crippen LogP contribution in [0.3, 0.4) is 0 Å². The molecule has 3 amide bonds. The van der Waals surface area contributed by atoms with Crippen molar-refractivity contribution >= 4 is 29.8 Å². The second-order valence-electron chi connectivity index (χ2n) is 5.69. The molecule has 0 aliphatic heterocycles. The van der Waals surface area contributed by atoms with Crippen LogP contribution in [0.15, 0.2) is 28.9 Å². The lowest BCUT2D eigenvalue weighted by molar-refractivity contribution is -0.141. The van der Waals surface area contributed by atoms with Crippen molar-refractivity contribution in [1.29, 1.82) is 0 Å². The number of primary amides is 2. The summed E-state index contributed by atoms with van der Waals surface area (Å²) in [5.74, 6) is -2.02. The molecule has 0 saturated heterocycles. The minimum atomic E-state index is -1.49. The molecule has 9 heteroatoms. The van der Waals surface area contributed by atoms with Crippen LogP contribution in [-0.4, -0.2) is 35.8 Å². The first-order chi connectivity index (χ1) is 12.2. The van der Waals surface area contributed by atoms with Gasteiger partial charge in [-0.05, 0) is 37.5 Å². The summed E-state index contributed by atoms with van der Waals surface area (Å²) in [6.45, 7) is 1.31. The summed E-state index contributed by atoms with van der Waals surface area (Å²) in [7, 11) is 0. The van der Waals surface area contributed by atoms with Crippen molar-refractivity contribution in [3.8, 4) is 0 Å². The molecule has 0 aromatic carbocycles. The molecule has 0 aliphatic rings. The molecule has 9 nitrogen and oxygen atoms in total. The highest BCUT2D eigenvalue weighted by molar-refractivity contribution is 5.97. The summed E-state index contributed by atoms with van der Waals surface area (Å²) in [5, 5.41) is 2.55. The van der Waals surface area contributed by atoms with Gasteiger partial charge in [0.05, 0.1) is 12.9 Å². The third-order valence-corrected chi connectivity index (χ3v) is 3.63. The Labute approximate surface area is 150 Å². The highest BCUT2D eigenvalue weighted by Crippen LogP contribution is 2.20. The van der Waals surface area contributed by atoms with Gasteiger partial charge in [0, 0.05) is 19.4 Å². The highest BCUT2D eigenvalue weighted by Gasteiger charge is 2.37. The van der Waals surface area contributed by atoms with Crippen LogP contribution in [0.2, 0.25) is 0 Å². The van der Waals surface area contributed by atoms with Gasteiger partial charge in [-0.3, -0.25) is 19.2 Å². The van der Waals surface area contributed by atoms with Gasteiger partial charge in [0.15, 0.2) is 0 Å². The van der Waals surface area contributed by atoms with Gasteiger partial charge >= 0.3 is 5.97 Å². The number of amides is 3. The van der Waals surface area contributed by atoms with E-state index in [9.17, 15) is 19.2 Å². The normalized spacial score (nSPS) is 13.1. The summed E-state index contributed by atoms with van der Waals surface area (Å²) >= 11 is 0. The molecule has 0 radical (unpaired) electrons. The molecule has 1 unspecified atom stereocenters. The van der Waals surface area contributed by atoms with E-state index in [1.807, 2.05) is 0 Å². The zero-order valence-corrected chi connectivity index (χ0v) is 14.5. The number of furan rings is 1. The molecule has 1 rings (SSSR count). The predicted octanol–water partition coefficient (Wildman–Crippen LogP) is 0.242. The molecule has 1 heterocycles. The van der Waals surface area contributed by atoms with Crippen molar-refractivity contribution < 1.29 is 28.3 Å². The van der Waals surface area contributed by atoms with Crippen molar-refractivity contribution in [1.82, 2.24) is 5.32 Å². The quantitative estimate of drug-likeness (QED) is 0.290. The zero-order chi connectivity index (χ0) is 19.6. The largest absolute Gasteiger partial charge is 0.466 e. The fourth-order valence-electron chi connectivity index (χ4n) is 2.31. The molecular weight excluding hydrogens is 342 g/mol. The molecule has 1 atom stereocenters. The van der Waals surface area contributed by atoms with Gasteiger partial charge in [-0.15, -0.1) is 0 Å². The van der Waals surface area contributed by atoms with Gasteiger partial charge in [0.2, 0.25) is 17.7 Å². The van der Waals surface area contributed by atoms with E-state index in [1.54, 1.807) is 12.1 Å². The molecule has 142 valence electrons. The molecule has 26 heavy (non-hydrogen) atoms. The predicted molar refractivity (Wildman–Crippen MR) is 92.1 cm³/mol. The third kappa shape index (κ3) is 7.20. The van der Waals surface area contributed by atoms with Crippen molar-refractivity contribution in [3.05, 3.63) is 30.2 Å². The number of ether oxygens (including phenoxy) is 1. The van der Waals surface area contributed by atoms with Crippen LogP contribution in [0, 0.1) is 0 Å². The summed E-state index contributed by atoms with van der Waals surface area (Å²) in [6, 6.07) is 3.31. The molecule has 0 bridgehead atoms. The molecule has 1 aromatic heterocycles. The molecule has 1 aromatic rings. The monoisotopic (exact) mass is 365 g/mol. The van der Waals surface area contributed by atoms with Gasteiger partial charge < -0.3 is 25.9 Å². The Hall–Kier alpha value is -3.10. The van der Waals surface area contributed by atoms with E-state index in [4.69, 9.17) is 20.6 Å². The number of rotatable bonds is 11. The summed E-state index contributed by atoms with van der Waals surface area (Å²) < 4.78 is 9.90. The summed E-state index contributed by atoms with van der Waals surface area (Å²) in [4.78, 5) is 46.2. The Balaban J connectivity index is 2.84. The molecule has 0 fully saturated rings.